The Bertz CT molecular complexity index is 849. The van der Waals surface area contributed by atoms with Crippen molar-refractivity contribution >= 4 is 17.5 Å². The Morgan fingerprint density at radius 1 is 1.17 bits per heavy atom. The number of nitrogens with one attached hydrogen (secondary N) is 1. The van der Waals surface area contributed by atoms with Gasteiger partial charge >= 0.3 is 0 Å². The fourth-order valence-corrected chi connectivity index (χ4v) is 2.57. The number of carbonyl (C=O) groups excluding carboxylic acids is 1. The Hall–Kier alpha value is -2.66. The molecule has 0 bridgehead atoms. The molecular formula is C18H15ClFN3O. The van der Waals surface area contributed by atoms with Crippen molar-refractivity contribution in [2.45, 2.75) is 13.1 Å². The van der Waals surface area contributed by atoms with Gasteiger partial charge in [0, 0.05) is 24.0 Å². The summed E-state index contributed by atoms with van der Waals surface area (Å²) in [5.74, 6) is -1.09. The Balaban J connectivity index is 1.72. The number of hydrogen-bond acceptors (Lipinski definition) is 2. The summed E-state index contributed by atoms with van der Waals surface area (Å²) in [6.45, 7) is 0.896. The van der Waals surface area contributed by atoms with Crippen LogP contribution < -0.4 is 5.32 Å². The molecular weight excluding hydrogens is 329 g/mol. The first kappa shape index (κ1) is 16.2. The molecule has 0 aliphatic carbocycles. The minimum absolute atomic E-state index is 0.0629. The molecule has 0 unspecified atom stereocenters. The molecule has 1 heterocycles. The van der Waals surface area contributed by atoms with Gasteiger partial charge in [0.2, 0.25) is 0 Å². The van der Waals surface area contributed by atoms with E-state index in [1.54, 1.807) is 10.9 Å². The van der Waals surface area contributed by atoms with Gasteiger partial charge in [-0.05, 0) is 35.4 Å². The van der Waals surface area contributed by atoms with Crippen LogP contribution in [-0.2, 0) is 13.1 Å². The van der Waals surface area contributed by atoms with Crippen molar-refractivity contribution in [3.63, 3.8) is 0 Å². The summed E-state index contributed by atoms with van der Waals surface area (Å²) < 4.78 is 15.5. The number of rotatable bonds is 5. The molecule has 3 aromatic rings. The molecule has 0 atom stereocenters. The predicted octanol–water partition coefficient (Wildman–Crippen LogP) is 3.65. The molecule has 0 spiro atoms. The lowest BCUT2D eigenvalue weighted by Gasteiger charge is -2.11. The van der Waals surface area contributed by atoms with Crippen LogP contribution in [0.1, 0.15) is 21.5 Å². The van der Waals surface area contributed by atoms with E-state index in [-0.39, 0.29) is 5.56 Å². The largest absolute Gasteiger partial charge is 0.348 e. The summed E-state index contributed by atoms with van der Waals surface area (Å²) in [6, 6.07) is 13.5. The van der Waals surface area contributed by atoms with E-state index in [9.17, 15) is 9.18 Å². The summed E-state index contributed by atoms with van der Waals surface area (Å²) in [7, 11) is 0. The number of benzene rings is 2. The first-order valence-electron chi connectivity index (χ1n) is 7.41. The van der Waals surface area contributed by atoms with E-state index in [0.717, 1.165) is 11.1 Å². The van der Waals surface area contributed by atoms with Crippen LogP contribution in [0.25, 0.3) is 0 Å². The first-order chi connectivity index (χ1) is 11.6. The Morgan fingerprint density at radius 2 is 1.96 bits per heavy atom. The van der Waals surface area contributed by atoms with Gasteiger partial charge in [-0.25, -0.2) is 4.39 Å². The van der Waals surface area contributed by atoms with Crippen molar-refractivity contribution < 1.29 is 9.18 Å². The Kier molecular flexibility index (Phi) is 4.91. The maximum absolute atomic E-state index is 13.7. The molecule has 2 aromatic carbocycles. The molecule has 0 aliphatic rings. The molecule has 0 radical (unpaired) electrons. The van der Waals surface area contributed by atoms with Gasteiger partial charge in [0.15, 0.2) is 0 Å². The highest BCUT2D eigenvalue weighted by Crippen LogP contribution is 2.15. The van der Waals surface area contributed by atoms with Crippen LogP contribution in [0.5, 0.6) is 0 Å². The van der Waals surface area contributed by atoms with E-state index >= 15 is 0 Å². The summed E-state index contributed by atoms with van der Waals surface area (Å²) in [5.41, 5.74) is 1.92. The predicted molar refractivity (Wildman–Crippen MR) is 90.4 cm³/mol. The summed E-state index contributed by atoms with van der Waals surface area (Å²) >= 11 is 5.83. The molecule has 1 aromatic heterocycles. The Morgan fingerprint density at radius 3 is 2.71 bits per heavy atom. The smallest absolute Gasteiger partial charge is 0.254 e. The molecule has 1 N–H and O–H groups in total. The fourth-order valence-electron chi connectivity index (χ4n) is 2.39. The van der Waals surface area contributed by atoms with Crippen molar-refractivity contribution in [2.75, 3.05) is 0 Å². The number of halogens is 2. The second-order valence-corrected chi connectivity index (χ2v) is 5.72. The quantitative estimate of drug-likeness (QED) is 0.768. The monoisotopic (exact) mass is 343 g/mol. The maximum atomic E-state index is 13.7. The van der Waals surface area contributed by atoms with Gasteiger partial charge in [-0.3, -0.25) is 9.48 Å². The van der Waals surface area contributed by atoms with Crippen LogP contribution in [0.4, 0.5) is 4.39 Å². The van der Waals surface area contributed by atoms with E-state index in [4.69, 9.17) is 11.6 Å². The third kappa shape index (κ3) is 3.81. The molecule has 1 amide bonds. The minimum atomic E-state index is -0.596. The van der Waals surface area contributed by atoms with Gasteiger partial charge in [-0.2, -0.15) is 5.10 Å². The van der Waals surface area contributed by atoms with Crippen molar-refractivity contribution in [1.82, 2.24) is 15.1 Å². The first-order valence-corrected chi connectivity index (χ1v) is 7.79. The van der Waals surface area contributed by atoms with E-state index in [1.165, 1.54) is 18.2 Å². The number of hydrogen-bond donors (Lipinski definition) is 1. The lowest BCUT2D eigenvalue weighted by Crippen LogP contribution is -2.24. The van der Waals surface area contributed by atoms with Crippen LogP contribution in [0.2, 0.25) is 5.02 Å². The van der Waals surface area contributed by atoms with Crippen molar-refractivity contribution in [3.8, 4) is 0 Å². The van der Waals surface area contributed by atoms with E-state index < -0.39 is 11.7 Å². The van der Waals surface area contributed by atoms with Gasteiger partial charge in [0.05, 0.1) is 12.1 Å². The van der Waals surface area contributed by atoms with Gasteiger partial charge in [-0.1, -0.05) is 35.9 Å². The zero-order valence-corrected chi connectivity index (χ0v) is 13.5. The van der Waals surface area contributed by atoms with Crippen LogP contribution in [0.15, 0.2) is 60.9 Å². The lowest BCUT2D eigenvalue weighted by atomic mass is 10.1. The normalized spacial score (nSPS) is 10.6. The number of nitrogens with zero attached hydrogens (tertiary/aromatic N) is 2. The lowest BCUT2D eigenvalue weighted by molar-refractivity contribution is 0.0947. The van der Waals surface area contributed by atoms with Crippen molar-refractivity contribution in [3.05, 3.63) is 88.5 Å². The van der Waals surface area contributed by atoms with Crippen LogP contribution in [0.3, 0.4) is 0 Å². The van der Waals surface area contributed by atoms with E-state index in [1.807, 2.05) is 36.5 Å². The molecule has 0 saturated carbocycles. The molecule has 4 nitrogen and oxygen atoms in total. The van der Waals surface area contributed by atoms with Gasteiger partial charge in [-0.15, -0.1) is 0 Å². The highest BCUT2D eigenvalue weighted by atomic mass is 35.5. The maximum Gasteiger partial charge on any atom is 0.254 e. The topological polar surface area (TPSA) is 46.9 Å². The molecule has 6 heteroatoms. The zero-order valence-electron chi connectivity index (χ0n) is 12.7. The average Bonchev–Trinajstić information content (AvgIpc) is 3.09. The second kappa shape index (κ2) is 7.27. The number of amides is 1. The van der Waals surface area contributed by atoms with E-state index in [2.05, 4.69) is 10.4 Å². The van der Waals surface area contributed by atoms with Crippen LogP contribution in [-0.4, -0.2) is 15.7 Å². The van der Waals surface area contributed by atoms with Crippen molar-refractivity contribution in [1.29, 1.82) is 0 Å². The van der Waals surface area contributed by atoms with Gasteiger partial charge in [0.25, 0.3) is 5.91 Å². The highest BCUT2D eigenvalue weighted by Gasteiger charge is 2.13. The van der Waals surface area contributed by atoms with Gasteiger partial charge in [0.1, 0.15) is 5.82 Å². The fraction of sp³-hybridized carbons (Fsp3) is 0.111. The van der Waals surface area contributed by atoms with Gasteiger partial charge < -0.3 is 5.32 Å². The molecule has 0 saturated heterocycles. The molecule has 0 fully saturated rings. The number of aromatic nitrogens is 2. The number of carbonyl (C=O) groups is 1. The van der Waals surface area contributed by atoms with Crippen molar-refractivity contribution in [2.24, 2.45) is 0 Å². The third-order valence-electron chi connectivity index (χ3n) is 3.62. The summed E-state index contributed by atoms with van der Waals surface area (Å²) in [6.07, 6.45) is 3.59. The summed E-state index contributed by atoms with van der Waals surface area (Å²) in [4.78, 5) is 12.2. The third-order valence-corrected chi connectivity index (χ3v) is 3.86. The molecule has 0 aliphatic heterocycles. The second-order valence-electron chi connectivity index (χ2n) is 5.28. The minimum Gasteiger partial charge on any atom is -0.348 e. The molecule has 24 heavy (non-hydrogen) atoms. The standard InChI is InChI=1S/C18H15ClFN3O/c19-15-6-7-17(20)16(10-15)18(24)21-11-13-4-1-2-5-14(13)12-23-9-3-8-22-23/h1-10H,11-12H2,(H,21,24). The zero-order chi connectivity index (χ0) is 16.9. The average molecular weight is 344 g/mol. The Labute approximate surface area is 143 Å². The summed E-state index contributed by atoms with van der Waals surface area (Å²) in [5, 5.41) is 7.24. The van der Waals surface area contributed by atoms with Crippen LogP contribution in [0, 0.1) is 5.82 Å². The van der Waals surface area contributed by atoms with Crippen LogP contribution >= 0.6 is 11.6 Å². The molecule has 122 valence electrons. The van der Waals surface area contributed by atoms with E-state index in [0.29, 0.717) is 18.1 Å². The SMILES string of the molecule is O=C(NCc1ccccc1Cn1cccn1)c1cc(Cl)ccc1F. The highest BCUT2D eigenvalue weighted by molar-refractivity contribution is 6.31. The molecule has 3 rings (SSSR count).